The van der Waals surface area contributed by atoms with E-state index in [2.05, 4.69) is 38.2 Å². The second-order valence-corrected chi connectivity index (χ2v) is 5.27. The molecular weight excluding hydrogens is 248 g/mol. The van der Waals surface area contributed by atoms with Gasteiger partial charge in [0, 0.05) is 31.1 Å². The van der Waals surface area contributed by atoms with Crippen molar-refractivity contribution in [3.8, 4) is 11.8 Å². The summed E-state index contributed by atoms with van der Waals surface area (Å²) in [5, 5.41) is 0. The summed E-state index contributed by atoms with van der Waals surface area (Å²) < 4.78 is 2.08. The van der Waals surface area contributed by atoms with Crippen molar-refractivity contribution in [3.63, 3.8) is 0 Å². The van der Waals surface area contributed by atoms with Crippen LogP contribution in [0, 0.1) is 17.8 Å². The molecule has 2 aromatic heterocycles. The Morgan fingerprint density at radius 1 is 1.40 bits per heavy atom. The SMILES string of the molecule is [NH3+]CC(Cn1ccnc1)c1ccc(C#CC2CC2)nc1. The van der Waals surface area contributed by atoms with Gasteiger partial charge in [-0.2, -0.15) is 0 Å². The van der Waals surface area contributed by atoms with Gasteiger partial charge in [0.25, 0.3) is 0 Å². The number of rotatable bonds is 4. The maximum absolute atomic E-state index is 4.45. The molecule has 1 saturated carbocycles. The molecule has 0 aromatic carbocycles. The zero-order valence-corrected chi connectivity index (χ0v) is 11.5. The van der Waals surface area contributed by atoms with Crippen molar-refractivity contribution >= 4 is 0 Å². The predicted molar refractivity (Wildman–Crippen MR) is 76.6 cm³/mol. The van der Waals surface area contributed by atoms with Gasteiger partial charge in [-0.05, 0) is 30.4 Å². The van der Waals surface area contributed by atoms with Crippen molar-refractivity contribution in [2.45, 2.75) is 25.3 Å². The van der Waals surface area contributed by atoms with Crippen LogP contribution >= 0.6 is 0 Å². The minimum atomic E-state index is 0.363. The molecule has 1 unspecified atom stereocenters. The van der Waals surface area contributed by atoms with Crippen molar-refractivity contribution < 1.29 is 5.73 Å². The van der Waals surface area contributed by atoms with E-state index in [1.807, 2.05) is 24.8 Å². The van der Waals surface area contributed by atoms with Gasteiger partial charge < -0.3 is 10.3 Å². The molecule has 1 aliphatic carbocycles. The monoisotopic (exact) mass is 267 g/mol. The first kappa shape index (κ1) is 12.9. The van der Waals surface area contributed by atoms with Crippen molar-refractivity contribution in [1.82, 2.24) is 14.5 Å². The molecule has 102 valence electrons. The Balaban J connectivity index is 1.70. The summed E-state index contributed by atoms with van der Waals surface area (Å²) in [5.41, 5.74) is 6.12. The summed E-state index contributed by atoms with van der Waals surface area (Å²) in [6.07, 6.45) is 10.1. The van der Waals surface area contributed by atoms with Crippen LogP contribution in [0.1, 0.15) is 30.0 Å². The second-order valence-electron chi connectivity index (χ2n) is 5.27. The minimum Gasteiger partial charge on any atom is -0.357 e. The van der Waals surface area contributed by atoms with E-state index in [-0.39, 0.29) is 0 Å². The quantitative estimate of drug-likeness (QED) is 0.842. The number of hydrogen-bond acceptors (Lipinski definition) is 2. The highest BCUT2D eigenvalue weighted by atomic mass is 15.0. The first-order valence-corrected chi connectivity index (χ1v) is 7.07. The van der Waals surface area contributed by atoms with Crippen molar-refractivity contribution in [1.29, 1.82) is 0 Å². The Bertz CT molecular complexity index is 600. The Labute approximate surface area is 119 Å². The zero-order chi connectivity index (χ0) is 13.8. The van der Waals surface area contributed by atoms with Gasteiger partial charge in [-0.3, -0.25) is 0 Å². The van der Waals surface area contributed by atoms with E-state index in [4.69, 9.17) is 0 Å². The average Bonchev–Trinajstić information content (AvgIpc) is 3.18. The average molecular weight is 267 g/mol. The molecule has 3 rings (SSSR count). The molecule has 4 heteroatoms. The Kier molecular flexibility index (Phi) is 3.80. The Morgan fingerprint density at radius 2 is 2.30 bits per heavy atom. The van der Waals surface area contributed by atoms with E-state index in [0.717, 1.165) is 18.8 Å². The number of aromatic nitrogens is 3. The molecule has 0 radical (unpaired) electrons. The van der Waals surface area contributed by atoms with E-state index >= 15 is 0 Å². The molecule has 20 heavy (non-hydrogen) atoms. The van der Waals surface area contributed by atoms with Crippen LogP contribution in [-0.2, 0) is 6.54 Å². The van der Waals surface area contributed by atoms with Gasteiger partial charge in [-0.15, -0.1) is 0 Å². The van der Waals surface area contributed by atoms with Crippen molar-refractivity contribution in [3.05, 3.63) is 48.3 Å². The van der Waals surface area contributed by atoms with E-state index in [9.17, 15) is 0 Å². The largest absolute Gasteiger partial charge is 0.357 e. The molecule has 0 spiro atoms. The molecule has 1 atom stereocenters. The first-order valence-electron chi connectivity index (χ1n) is 7.07. The molecule has 2 aromatic rings. The third-order valence-electron chi connectivity index (χ3n) is 3.58. The highest BCUT2D eigenvalue weighted by molar-refractivity contribution is 5.31. The summed E-state index contributed by atoms with van der Waals surface area (Å²) in [5.74, 6) is 7.36. The summed E-state index contributed by atoms with van der Waals surface area (Å²) in [7, 11) is 0. The Hall–Kier alpha value is -2.12. The Morgan fingerprint density at radius 3 is 2.90 bits per heavy atom. The normalized spacial score (nSPS) is 15.4. The van der Waals surface area contributed by atoms with E-state index in [0.29, 0.717) is 11.8 Å². The van der Waals surface area contributed by atoms with Gasteiger partial charge in [-0.1, -0.05) is 12.0 Å². The minimum absolute atomic E-state index is 0.363. The molecule has 0 saturated heterocycles. The fourth-order valence-corrected chi connectivity index (χ4v) is 2.14. The molecule has 1 fully saturated rings. The zero-order valence-electron chi connectivity index (χ0n) is 11.5. The van der Waals surface area contributed by atoms with Crippen LogP contribution < -0.4 is 5.73 Å². The van der Waals surface area contributed by atoms with E-state index < -0.39 is 0 Å². The summed E-state index contributed by atoms with van der Waals surface area (Å²) in [6, 6.07) is 4.14. The molecule has 2 heterocycles. The summed E-state index contributed by atoms with van der Waals surface area (Å²) in [6.45, 7) is 1.73. The predicted octanol–water partition coefficient (Wildman–Crippen LogP) is 1.07. The smallest absolute Gasteiger partial charge is 0.113 e. The van der Waals surface area contributed by atoms with Crippen LogP contribution in [0.3, 0.4) is 0 Å². The topological polar surface area (TPSA) is 58.4 Å². The van der Waals surface area contributed by atoms with Crippen molar-refractivity contribution in [2.75, 3.05) is 6.54 Å². The molecule has 3 N–H and O–H groups in total. The molecule has 4 nitrogen and oxygen atoms in total. The van der Waals surface area contributed by atoms with Gasteiger partial charge in [0.05, 0.1) is 18.8 Å². The highest BCUT2D eigenvalue weighted by Gasteiger charge is 2.18. The molecule has 0 bridgehead atoms. The third kappa shape index (κ3) is 3.25. The molecule has 0 aliphatic heterocycles. The standard InChI is InChI=1S/C16H18N4/c17-9-15(11-20-8-7-18-12-20)14-4-6-16(19-10-14)5-3-13-1-2-13/h4,6-8,10,12-13,15H,1-2,9,11,17H2/p+1. The lowest BCUT2D eigenvalue weighted by Gasteiger charge is -2.13. The van der Waals surface area contributed by atoms with Gasteiger partial charge in [0.15, 0.2) is 0 Å². The number of hydrogen-bond donors (Lipinski definition) is 1. The maximum atomic E-state index is 4.45. The number of pyridine rings is 1. The number of imidazole rings is 1. The van der Waals surface area contributed by atoms with Crippen LogP contribution in [0.15, 0.2) is 37.1 Å². The number of nitrogens with zero attached hydrogens (tertiary/aromatic N) is 3. The van der Waals surface area contributed by atoms with Gasteiger partial charge >= 0.3 is 0 Å². The van der Waals surface area contributed by atoms with Crippen LogP contribution in [0.5, 0.6) is 0 Å². The third-order valence-corrected chi connectivity index (χ3v) is 3.58. The van der Waals surface area contributed by atoms with Crippen molar-refractivity contribution in [2.24, 2.45) is 5.92 Å². The molecule has 1 aliphatic rings. The van der Waals surface area contributed by atoms with Gasteiger partial charge in [0.1, 0.15) is 5.69 Å². The first-order chi connectivity index (χ1) is 9.85. The van der Waals surface area contributed by atoms with Crippen LogP contribution in [0.4, 0.5) is 0 Å². The van der Waals surface area contributed by atoms with Gasteiger partial charge in [-0.25, -0.2) is 9.97 Å². The van der Waals surface area contributed by atoms with Crippen LogP contribution in [-0.4, -0.2) is 21.1 Å². The highest BCUT2D eigenvalue weighted by Crippen LogP contribution is 2.27. The second kappa shape index (κ2) is 5.89. The number of quaternary nitrogens is 1. The fourth-order valence-electron chi connectivity index (χ4n) is 2.14. The van der Waals surface area contributed by atoms with Crippen LogP contribution in [0.25, 0.3) is 0 Å². The lowest BCUT2D eigenvalue weighted by atomic mass is 10.0. The molecule has 0 amide bonds. The maximum Gasteiger partial charge on any atom is 0.113 e. The summed E-state index contributed by atoms with van der Waals surface area (Å²) >= 11 is 0. The lowest BCUT2D eigenvalue weighted by molar-refractivity contribution is -0.373. The summed E-state index contributed by atoms with van der Waals surface area (Å²) in [4.78, 5) is 8.52. The van der Waals surface area contributed by atoms with E-state index in [1.54, 1.807) is 6.20 Å². The fraction of sp³-hybridized carbons (Fsp3) is 0.375. The van der Waals surface area contributed by atoms with Gasteiger partial charge in [0.2, 0.25) is 0 Å². The lowest BCUT2D eigenvalue weighted by Crippen LogP contribution is -2.53. The van der Waals surface area contributed by atoms with Crippen LogP contribution in [0.2, 0.25) is 0 Å². The van der Waals surface area contributed by atoms with E-state index in [1.165, 1.54) is 18.4 Å². The molecular formula is C16H19N4+.